The fourth-order valence-corrected chi connectivity index (χ4v) is 2.28. The normalized spacial score (nSPS) is 20.4. The van der Waals surface area contributed by atoms with Crippen LogP contribution < -0.4 is 5.32 Å². The first-order chi connectivity index (χ1) is 8.13. The zero-order chi connectivity index (χ0) is 12.9. The summed E-state index contributed by atoms with van der Waals surface area (Å²) in [7, 11) is 0. The van der Waals surface area contributed by atoms with Gasteiger partial charge in [-0.1, -0.05) is 27.2 Å². The lowest BCUT2D eigenvalue weighted by molar-refractivity contribution is -0.120. The summed E-state index contributed by atoms with van der Waals surface area (Å²) in [6, 6.07) is -0.215. The number of nitrogens with zero attached hydrogens (tertiary/aromatic N) is 1. The van der Waals surface area contributed by atoms with Crippen LogP contribution in [0.15, 0.2) is 4.99 Å². The Bertz CT molecular complexity index is 296. The second kappa shape index (κ2) is 6.15. The molecule has 1 amide bonds. The first-order valence-corrected chi connectivity index (χ1v) is 6.66. The maximum atomic E-state index is 11.8. The molecule has 1 aliphatic heterocycles. The molecule has 98 valence electrons. The highest BCUT2D eigenvalue weighted by Gasteiger charge is 2.39. The van der Waals surface area contributed by atoms with Crippen molar-refractivity contribution in [1.29, 1.82) is 0 Å². The van der Waals surface area contributed by atoms with Crippen LogP contribution in [-0.4, -0.2) is 30.0 Å². The molecule has 1 rings (SSSR count). The fraction of sp³-hybridized carbons (Fsp3) is 0.846. The number of hydrogen-bond acceptors (Lipinski definition) is 3. The molecule has 0 saturated heterocycles. The largest absolute Gasteiger partial charge is 0.367 e. The SMILES string of the molecule is CCCC1N=C(C(CC)(CC)OCC)NC1=O. The molecular formula is C13H24N2O2. The molecule has 0 bridgehead atoms. The van der Waals surface area contributed by atoms with E-state index >= 15 is 0 Å². The maximum Gasteiger partial charge on any atom is 0.250 e. The predicted molar refractivity (Wildman–Crippen MR) is 69.2 cm³/mol. The Kier molecular flexibility index (Phi) is 5.12. The minimum Gasteiger partial charge on any atom is -0.367 e. The average Bonchev–Trinajstić information content (AvgIpc) is 2.69. The van der Waals surface area contributed by atoms with Crippen LogP contribution in [0, 0.1) is 0 Å². The third kappa shape index (κ3) is 2.86. The molecular weight excluding hydrogens is 216 g/mol. The van der Waals surface area contributed by atoms with Crippen molar-refractivity contribution < 1.29 is 9.53 Å². The Hall–Kier alpha value is -0.900. The van der Waals surface area contributed by atoms with Crippen LogP contribution in [0.5, 0.6) is 0 Å². The third-order valence-electron chi connectivity index (χ3n) is 3.39. The van der Waals surface area contributed by atoms with E-state index in [9.17, 15) is 4.79 Å². The molecule has 0 saturated carbocycles. The zero-order valence-electron chi connectivity index (χ0n) is 11.4. The van der Waals surface area contributed by atoms with Gasteiger partial charge in [-0.3, -0.25) is 9.79 Å². The molecule has 0 aromatic heterocycles. The van der Waals surface area contributed by atoms with Gasteiger partial charge in [0.05, 0.1) is 0 Å². The molecule has 0 spiro atoms. The van der Waals surface area contributed by atoms with Gasteiger partial charge in [-0.25, -0.2) is 0 Å². The quantitative estimate of drug-likeness (QED) is 0.742. The molecule has 0 aromatic carbocycles. The summed E-state index contributed by atoms with van der Waals surface area (Å²) in [5, 5.41) is 2.90. The Morgan fingerprint density at radius 3 is 2.41 bits per heavy atom. The molecule has 1 atom stereocenters. The molecule has 0 aromatic rings. The van der Waals surface area contributed by atoms with E-state index in [-0.39, 0.29) is 11.9 Å². The van der Waals surface area contributed by atoms with E-state index in [4.69, 9.17) is 4.74 Å². The van der Waals surface area contributed by atoms with E-state index in [1.165, 1.54) is 0 Å². The predicted octanol–water partition coefficient (Wildman–Crippen LogP) is 2.28. The Labute approximate surface area is 104 Å². The zero-order valence-corrected chi connectivity index (χ0v) is 11.4. The van der Waals surface area contributed by atoms with E-state index < -0.39 is 5.60 Å². The number of amidine groups is 1. The molecule has 4 heteroatoms. The number of ether oxygens (including phenoxy) is 1. The summed E-state index contributed by atoms with van der Waals surface area (Å²) in [6.07, 6.45) is 3.43. The van der Waals surface area contributed by atoms with Gasteiger partial charge in [-0.15, -0.1) is 0 Å². The van der Waals surface area contributed by atoms with Crippen molar-refractivity contribution in [2.45, 2.75) is 65.0 Å². The third-order valence-corrected chi connectivity index (χ3v) is 3.39. The summed E-state index contributed by atoms with van der Waals surface area (Å²) in [5.41, 5.74) is -0.410. The van der Waals surface area contributed by atoms with E-state index in [2.05, 4.69) is 31.1 Å². The minimum absolute atomic E-state index is 0.0211. The first kappa shape index (κ1) is 14.2. The standard InChI is InChI=1S/C13H24N2O2/c1-5-9-10-11(16)15-12(14-10)13(6-2,7-3)17-8-4/h10H,5-9H2,1-4H3,(H,14,15,16). The smallest absolute Gasteiger partial charge is 0.250 e. The second-order valence-corrected chi connectivity index (χ2v) is 4.41. The summed E-state index contributed by atoms with van der Waals surface area (Å²) in [4.78, 5) is 16.3. The second-order valence-electron chi connectivity index (χ2n) is 4.41. The van der Waals surface area contributed by atoms with Gasteiger partial charge < -0.3 is 10.1 Å². The molecule has 0 radical (unpaired) electrons. The number of carbonyl (C=O) groups is 1. The lowest BCUT2D eigenvalue weighted by Gasteiger charge is -2.31. The van der Waals surface area contributed by atoms with E-state index in [0.29, 0.717) is 6.61 Å². The van der Waals surface area contributed by atoms with Crippen molar-refractivity contribution in [3.05, 3.63) is 0 Å². The highest BCUT2D eigenvalue weighted by atomic mass is 16.5. The van der Waals surface area contributed by atoms with Gasteiger partial charge in [0.25, 0.3) is 0 Å². The van der Waals surface area contributed by atoms with Crippen LogP contribution in [0.3, 0.4) is 0 Å². The van der Waals surface area contributed by atoms with Gasteiger partial charge in [-0.05, 0) is 26.2 Å². The van der Waals surface area contributed by atoms with Crippen LogP contribution in [0.2, 0.25) is 0 Å². The molecule has 1 aliphatic rings. The molecule has 0 aliphatic carbocycles. The van der Waals surface area contributed by atoms with E-state index in [1.54, 1.807) is 0 Å². The van der Waals surface area contributed by atoms with Crippen LogP contribution in [0.4, 0.5) is 0 Å². The number of carbonyl (C=O) groups excluding carboxylic acids is 1. The van der Waals surface area contributed by atoms with Gasteiger partial charge in [0.2, 0.25) is 5.91 Å². The fourth-order valence-electron chi connectivity index (χ4n) is 2.28. The number of amides is 1. The molecule has 17 heavy (non-hydrogen) atoms. The lowest BCUT2D eigenvalue weighted by Crippen LogP contribution is -2.47. The monoisotopic (exact) mass is 240 g/mol. The summed E-state index contributed by atoms with van der Waals surface area (Å²) in [5.74, 6) is 0.751. The first-order valence-electron chi connectivity index (χ1n) is 6.66. The van der Waals surface area contributed by atoms with Crippen LogP contribution in [-0.2, 0) is 9.53 Å². The minimum atomic E-state index is -0.410. The van der Waals surface area contributed by atoms with Gasteiger partial charge in [0.1, 0.15) is 17.5 Å². The molecule has 1 unspecified atom stereocenters. The van der Waals surface area contributed by atoms with Crippen LogP contribution >= 0.6 is 0 Å². The Morgan fingerprint density at radius 1 is 1.29 bits per heavy atom. The summed E-state index contributed by atoms with van der Waals surface area (Å²) >= 11 is 0. The van der Waals surface area contributed by atoms with Crippen molar-refractivity contribution in [2.75, 3.05) is 6.61 Å². The Balaban J connectivity index is 2.89. The molecule has 1 N–H and O–H groups in total. The number of hydrogen-bond donors (Lipinski definition) is 1. The van der Waals surface area contributed by atoms with Crippen molar-refractivity contribution in [3.63, 3.8) is 0 Å². The van der Waals surface area contributed by atoms with Gasteiger partial charge in [0.15, 0.2) is 0 Å². The number of aliphatic imine (C=N–C) groups is 1. The number of rotatable bonds is 7. The van der Waals surface area contributed by atoms with Crippen molar-refractivity contribution in [3.8, 4) is 0 Å². The Morgan fingerprint density at radius 2 is 1.94 bits per heavy atom. The topological polar surface area (TPSA) is 50.7 Å². The summed E-state index contributed by atoms with van der Waals surface area (Å²) in [6.45, 7) is 8.81. The van der Waals surface area contributed by atoms with E-state index in [1.807, 2.05) is 6.92 Å². The van der Waals surface area contributed by atoms with Crippen molar-refractivity contribution >= 4 is 11.7 Å². The average molecular weight is 240 g/mol. The van der Waals surface area contributed by atoms with Crippen molar-refractivity contribution in [2.24, 2.45) is 4.99 Å². The van der Waals surface area contributed by atoms with Gasteiger partial charge in [-0.2, -0.15) is 0 Å². The highest BCUT2D eigenvalue weighted by Crippen LogP contribution is 2.25. The van der Waals surface area contributed by atoms with Crippen LogP contribution in [0.25, 0.3) is 0 Å². The van der Waals surface area contributed by atoms with Crippen molar-refractivity contribution in [1.82, 2.24) is 5.32 Å². The lowest BCUT2D eigenvalue weighted by atomic mass is 9.95. The maximum absolute atomic E-state index is 11.8. The van der Waals surface area contributed by atoms with E-state index in [0.717, 1.165) is 31.5 Å². The van der Waals surface area contributed by atoms with Gasteiger partial charge >= 0.3 is 0 Å². The van der Waals surface area contributed by atoms with Crippen LogP contribution in [0.1, 0.15) is 53.4 Å². The molecule has 1 heterocycles. The number of nitrogens with one attached hydrogen (secondary N) is 1. The highest BCUT2D eigenvalue weighted by molar-refractivity contribution is 6.09. The molecule has 0 fully saturated rings. The van der Waals surface area contributed by atoms with Gasteiger partial charge in [0, 0.05) is 6.61 Å². The summed E-state index contributed by atoms with van der Waals surface area (Å²) < 4.78 is 5.84. The molecule has 4 nitrogen and oxygen atoms in total.